The van der Waals surface area contributed by atoms with Crippen molar-refractivity contribution in [1.29, 1.82) is 0 Å². The van der Waals surface area contributed by atoms with Crippen molar-refractivity contribution in [1.82, 2.24) is 9.55 Å². The molecule has 0 aliphatic heterocycles. The van der Waals surface area contributed by atoms with Crippen molar-refractivity contribution >= 4 is 38.9 Å². The Balaban J connectivity index is 1.77. The summed E-state index contributed by atoms with van der Waals surface area (Å²) >= 11 is 2.97. The highest BCUT2D eigenvalue weighted by atomic mass is 32.1. The van der Waals surface area contributed by atoms with Crippen molar-refractivity contribution in [2.75, 3.05) is 0 Å². The van der Waals surface area contributed by atoms with Crippen molar-refractivity contribution < 1.29 is 9.90 Å². The second-order valence-electron chi connectivity index (χ2n) is 7.02. The molecule has 1 aromatic carbocycles. The van der Waals surface area contributed by atoms with E-state index in [2.05, 4.69) is 4.98 Å². The van der Waals surface area contributed by atoms with Crippen LogP contribution in [0.15, 0.2) is 52.0 Å². The fourth-order valence-corrected chi connectivity index (χ4v) is 5.30. The number of fused-ring (bicyclic) bond motifs is 1. The van der Waals surface area contributed by atoms with Crippen LogP contribution in [-0.2, 0) is 11.2 Å². The van der Waals surface area contributed by atoms with Crippen molar-refractivity contribution in [2.45, 2.75) is 32.7 Å². The van der Waals surface area contributed by atoms with Crippen LogP contribution in [0.4, 0.5) is 0 Å². The first-order valence-corrected chi connectivity index (χ1v) is 11.0. The van der Waals surface area contributed by atoms with E-state index in [1.807, 2.05) is 54.1 Å². The molecule has 1 N–H and O–H groups in total. The number of aromatic nitrogens is 2. The Morgan fingerprint density at radius 3 is 2.59 bits per heavy atom. The minimum absolute atomic E-state index is 0.284. The van der Waals surface area contributed by atoms with Crippen LogP contribution in [0.3, 0.4) is 0 Å². The highest BCUT2D eigenvalue weighted by Gasteiger charge is 2.25. The van der Waals surface area contributed by atoms with Gasteiger partial charge in [-0.1, -0.05) is 35.9 Å². The lowest BCUT2D eigenvalue weighted by atomic mass is 10.0. The van der Waals surface area contributed by atoms with Gasteiger partial charge in [-0.2, -0.15) is 0 Å². The minimum Gasteiger partial charge on any atom is -0.480 e. The fraction of sp³-hybridized carbons (Fsp3) is 0.227. The Hall–Kier alpha value is -2.77. The monoisotopic (exact) mass is 424 g/mol. The molecule has 4 rings (SSSR count). The molecule has 0 bridgehead atoms. The minimum atomic E-state index is -1.02. The van der Waals surface area contributed by atoms with E-state index in [-0.39, 0.29) is 5.56 Å². The number of aryl methyl sites for hydroxylation is 3. The summed E-state index contributed by atoms with van der Waals surface area (Å²) in [4.78, 5) is 31.7. The largest absolute Gasteiger partial charge is 0.480 e. The van der Waals surface area contributed by atoms with Crippen LogP contribution in [0.2, 0.25) is 0 Å². The molecule has 7 heteroatoms. The van der Waals surface area contributed by atoms with Crippen LogP contribution in [0.25, 0.3) is 20.7 Å². The topological polar surface area (TPSA) is 72.2 Å². The van der Waals surface area contributed by atoms with E-state index < -0.39 is 12.0 Å². The molecule has 0 radical (unpaired) electrons. The van der Waals surface area contributed by atoms with Gasteiger partial charge in [0.25, 0.3) is 5.56 Å². The lowest BCUT2D eigenvalue weighted by Gasteiger charge is -2.18. The van der Waals surface area contributed by atoms with Crippen LogP contribution in [0.1, 0.15) is 29.4 Å². The van der Waals surface area contributed by atoms with E-state index in [0.29, 0.717) is 28.9 Å². The summed E-state index contributed by atoms with van der Waals surface area (Å²) in [6.07, 6.45) is 0.896. The van der Waals surface area contributed by atoms with Gasteiger partial charge < -0.3 is 5.11 Å². The molecule has 1 atom stereocenters. The Morgan fingerprint density at radius 2 is 1.93 bits per heavy atom. The molecule has 0 fully saturated rings. The third-order valence-electron chi connectivity index (χ3n) is 5.03. The summed E-state index contributed by atoms with van der Waals surface area (Å²) in [6, 6.07) is 11.0. The summed E-state index contributed by atoms with van der Waals surface area (Å²) < 4.78 is 1.35. The van der Waals surface area contributed by atoms with Crippen molar-refractivity contribution in [3.63, 3.8) is 0 Å². The molecule has 0 amide bonds. The summed E-state index contributed by atoms with van der Waals surface area (Å²) in [6.45, 7) is 3.72. The maximum atomic E-state index is 13.4. The van der Waals surface area contributed by atoms with Gasteiger partial charge in [0.2, 0.25) is 0 Å². The average Bonchev–Trinajstić information content (AvgIpc) is 3.34. The molecule has 1 unspecified atom stereocenters. The number of hydrogen-bond donors (Lipinski definition) is 1. The van der Waals surface area contributed by atoms with Gasteiger partial charge in [0.1, 0.15) is 16.7 Å². The maximum Gasteiger partial charge on any atom is 0.326 e. The average molecular weight is 425 g/mol. The van der Waals surface area contributed by atoms with Crippen LogP contribution < -0.4 is 5.56 Å². The third kappa shape index (κ3) is 3.75. The summed E-state index contributed by atoms with van der Waals surface area (Å²) in [5.41, 5.74) is 2.75. The van der Waals surface area contributed by atoms with Crippen LogP contribution >= 0.6 is 22.7 Å². The normalized spacial score (nSPS) is 12.3. The van der Waals surface area contributed by atoms with E-state index in [1.165, 1.54) is 15.9 Å². The second kappa shape index (κ2) is 7.93. The summed E-state index contributed by atoms with van der Waals surface area (Å²) in [7, 11) is 0. The highest BCUT2D eigenvalue weighted by Crippen LogP contribution is 2.34. The van der Waals surface area contributed by atoms with Crippen molar-refractivity contribution in [3.05, 3.63) is 74.5 Å². The molecule has 0 saturated carbocycles. The number of aliphatic carboxylic acids is 1. The quantitative estimate of drug-likeness (QED) is 0.469. The molecule has 5 nitrogen and oxygen atoms in total. The van der Waals surface area contributed by atoms with Crippen molar-refractivity contribution in [2.24, 2.45) is 0 Å². The number of carboxylic acid groups (broad SMARTS) is 1. The maximum absolute atomic E-state index is 13.4. The van der Waals surface area contributed by atoms with Crippen LogP contribution in [0.5, 0.6) is 0 Å². The van der Waals surface area contributed by atoms with Gasteiger partial charge in [0.15, 0.2) is 0 Å². The lowest BCUT2D eigenvalue weighted by Crippen LogP contribution is -2.32. The Labute approximate surface area is 175 Å². The van der Waals surface area contributed by atoms with Gasteiger partial charge in [-0.15, -0.1) is 22.7 Å². The van der Waals surface area contributed by atoms with E-state index >= 15 is 0 Å². The molecule has 4 aromatic rings. The Kier molecular flexibility index (Phi) is 5.34. The third-order valence-corrected chi connectivity index (χ3v) is 6.80. The first kappa shape index (κ1) is 19.5. The second-order valence-corrected chi connectivity index (χ2v) is 8.83. The summed E-state index contributed by atoms with van der Waals surface area (Å²) in [5, 5.41) is 14.3. The van der Waals surface area contributed by atoms with Crippen LogP contribution in [-0.4, -0.2) is 20.6 Å². The zero-order chi connectivity index (χ0) is 20.5. The molecule has 0 aliphatic rings. The summed E-state index contributed by atoms with van der Waals surface area (Å²) in [5.74, 6) is -0.588. The van der Waals surface area contributed by atoms with E-state index in [1.54, 1.807) is 18.3 Å². The highest BCUT2D eigenvalue weighted by molar-refractivity contribution is 7.18. The Morgan fingerprint density at radius 1 is 1.17 bits per heavy atom. The molecule has 3 aromatic heterocycles. The van der Waals surface area contributed by atoms with E-state index in [9.17, 15) is 14.7 Å². The SMILES string of the molecule is Cc1ccc(CCC(C(=O)O)n2c(C)nc3scc(-c4cccs4)c3c2=O)cc1. The first-order chi connectivity index (χ1) is 14.0. The van der Waals surface area contributed by atoms with Gasteiger partial charge in [-0.3, -0.25) is 9.36 Å². The number of hydrogen-bond acceptors (Lipinski definition) is 5. The number of carbonyl (C=O) groups is 1. The van der Waals surface area contributed by atoms with Gasteiger partial charge in [0, 0.05) is 15.8 Å². The predicted octanol–water partition coefficient (Wildman–Crippen LogP) is 5.06. The lowest BCUT2D eigenvalue weighted by molar-refractivity contribution is -0.141. The predicted molar refractivity (Wildman–Crippen MR) is 118 cm³/mol. The molecule has 29 heavy (non-hydrogen) atoms. The smallest absolute Gasteiger partial charge is 0.326 e. The molecule has 0 aliphatic carbocycles. The van der Waals surface area contributed by atoms with Gasteiger partial charge in [-0.25, -0.2) is 9.78 Å². The zero-order valence-electron chi connectivity index (χ0n) is 16.1. The molecular weight excluding hydrogens is 404 g/mol. The molecule has 3 heterocycles. The standard InChI is InChI=1S/C22H20N2O3S2/c1-13-5-7-15(8-6-13)9-10-17(22(26)27)24-14(2)23-20-19(21(24)25)16(12-29-20)18-4-3-11-28-18/h3-8,11-12,17H,9-10H2,1-2H3,(H,26,27). The number of thiophene rings is 2. The van der Waals surface area contributed by atoms with Gasteiger partial charge >= 0.3 is 5.97 Å². The molecular formula is C22H20N2O3S2. The Bertz CT molecular complexity index is 1220. The zero-order valence-corrected chi connectivity index (χ0v) is 17.7. The number of nitrogens with zero attached hydrogens (tertiary/aromatic N) is 2. The van der Waals surface area contributed by atoms with Crippen molar-refractivity contribution in [3.8, 4) is 10.4 Å². The molecule has 0 saturated heterocycles. The molecule has 148 valence electrons. The van der Waals surface area contributed by atoms with Gasteiger partial charge in [-0.05, 0) is 43.7 Å². The first-order valence-electron chi connectivity index (χ1n) is 9.28. The van der Waals surface area contributed by atoms with E-state index in [4.69, 9.17) is 0 Å². The van der Waals surface area contributed by atoms with E-state index in [0.717, 1.165) is 21.6 Å². The van der Waals surface area contributed by atoms with Crippen LogP contribution in [0, 0.1) is 13.8 Å². The number of benzene rings is 1. The number of carboxylic acids is 1. The van der Waals surface area contributed by atoms with Gasteiger partial charge in [0.05, 0.1) is 5.39 Å². The molecule has 0 spiro atoms. The number of rotatable bonds is 6. The fourth-order valence-electron chi connectivity index (χ4n) is 3.51.